The van der Waals surface area contributed by atoms with E-state index in [1.54, 1.807) is 7.05 Å². The van der Waals surface area contributed by atoms with Crippen LogP contribution in [0.3, 0.4) is 0 Å². The largest absolute Gasteiger partial charge is 0.325 e. The van der Waals surface area contributed by atoms with Crippen molar-refractivity contribution in [3.05, 3.63) is 27.0 Å². The van der Waals surface area contributed by atoms with Crippen LogP contribution in [0.25, 0.3) is 0 Å². The van der Waals surface area contributed by atoms with Gasteiger partial charge in [0.1, 0.15) is 0 Å². The topological polar surface area (TPSA) is 124 Å². The van der Waals surface area contributed by atoms with Gasteiger partial charge in [0.25, 0.3) is 5.56 Å². The van der Waals surface area contributed by atoms with Crippen LogP contribution in [0.1, 0.15) is 6.92 Å². The molecule has 0 saturated carbocycles. The SMILES string of the molecule is CNCC(C)CNS(=O)(=O)c1c[nH]c(=O)[nH]c1=O. The summed E-state index contributed by atoms with van der Waals surface area (Å²) < 4.78 is 25.9. The second-order valence-electron chi connectivity index (χ2n) is 3.95. The van der Waals surface area contributed by atoms with E-state index >= 15 is 0 Å². The monoisotopic (exact) mass is 276 g/mol. The van der Waals surface area contributed by atoms with E-state index in [0.29, 0.717) is 6.54 Å². The van der Waals surface area contributed by atoms with Gasteiger partial charge in [-0.1, -0.05) is 6.92 Å². The van der Waals surface area contributed by atoms with E-state index in [1.165, 1.54) is 0 Å². The summed E-state index contributed by atoms with van der Waals surface area (Å²) in [6, 6.07) is 0. The first-order valence-electron chi connectivity index (χ1n) is 5.33. The van der Waals surface area contributed by atoms with Crippen LogP contribution in [-0.2, 0) is 10.0 Å². The molecular weight excluding hydrogens is 260 g/mol. The molecule has 1 rings (SSSR count). The molecule has 0 spiro atoms. The number of rotatable bonds is 6. The van der Waals surface area contributed by atoms with Gasteiger partial charge in [0.05, 0.1) is 0 Å². The fourth-order valence-corrected chi connectivity index (χ4v) is 2.52. The van der Waals surface area contributed by atoms with E-state index in [0.717, 1.165) is 6.20 Å². The summed E-state index contributed by atoms with van der Waals surface area (Å²) >= 11 is 0. The van der Waals surface area contributed by atoms with Crippen molar-refractivity contribution >= 4 is 10.0 Å². The van der Waals surface area contributed by atoms with Gasteiger partial charge in [-0.05, 0) is 19.5 Å². The molecule has 1 aromatic rings. The Bertz CT molecular complexity index is 603. The molecule has 1 heterocycles. The first kappa shape index (κ1) is 14.6. The van der Waals surface area contributed by atoms with Crippen LogP contribution in [0.5, 0.6) is 0 Å². The molecule has 0 amide bonds. The molecule has 102 valence electrons. The lowest BCUT2D eigenvalue weighted by atomic mass is 10.2. The second kappa shape index (κ2) is 5.94. The van der Waals surface area contributed by atoms with Crippen molar-refractivity contribution in [2.75, 3.05) is 20.1 Å². The summed E-state index contributed by atoms with van der Waals surface area (Å²) in [5.74, 6) is 0.0756. The third-order valence-electron chi connectivity index (χ3n) is 2.25. The number of hydrogen-bond acceptors (Lipinski definition) is 5. The maximum Gasteiger partial charge on any atom is 0.325 e. The van der Waals surface area contributed by atoms with Crippen LogP contribution < -0.4 is 21.3 Å². The number of H-pyrrole nitrogens is 2. The standard InChI is InChI=1S/C9H16N4O4S/c1-6(3-10-2)4-12-18(16,17)7-5-11-9(15)13-8(7)14/h5-6,10,12H,3-4H2,1-2H3,(H2,11,13,14,15). The number of aromatic amines is 2. The van der Waals surface area contributed by atoms with Crippen LogP contribution in [0, 0.1) is 5.92 Å². The average molecular weight is 276 g/mol. The van der Waals surface area contributed by atoms with Gasteiger partial charge in [-0.3, -0.25) is 9.78 Å². The molecule has 4 N–H and O–H groups in total. The van der Waals surface area contributed by atoms with Gasteiger partial charge in [-0.15, -0.1) is 0 Å². The van der Waals surface area contributed by atoms with E-state index in [2.05, 4.69) is 15.0 Å². The summed E-state index contributed by atoms with van der Waals surface area (Å²) in [6.07, 6.45) is 0.881. The Kier molecular flexibility index (Phi) is 4.82. The molecular formula is C9H16N4O4S. The Balaban J connectivity index is 2.87. The van der Waals surface area contributed by atoms with Crippen LogP contribution in [0.2, 0.25) is 0 Å². The van der Waals surface area contributed by atoms with Crippen molar-refractivity contribution in [1.29, 1.82) is 0 Å². The molecule has 1 atom stereocenters. The zero-order valence-corrected chi connectivity index (χ0v) is 10.9. The summed E-state index contributed by atoms with van der Waals surface area (Å²) in [5.41, 5.74) is -1.69. The second-order valence-corrected chi connectivity index (χ2v) is 5.69. The molecule has 0 radical (unpaired) electrons. The molecule has 1 aromatic heterocycles. The van der Waals surface area contributed by atoms with Crippen molar-refractivity contribution in [3.63, 3.8) is 0 Å². The maximum absolute atomic E-state index is 11.8. The lowest BCUT2D eigenvalue weighted by Crippen LogP contribution is -2.36. The molecule has 0 aromatic carbocycles. The van der Waals surface area contributed by atoms with Gasteiger partial charge in [0.2, 0.25) is 10.0 Å². The number of aromatic nitrogens is 2. The molecule has 0 aliphatic heterocycles. The van der Waals surface area contributed by atoms with Crippen molar-refractivity contribution in [1.82, 2.24) is 20.0 Å². The summed E-state index contributed by atoms with van der Waals surface area (Å²) in [4.78, 5) is 25.6. The highest BCUT2D eigenvalue weighted by molar-refractivity contribution is 7.89. The maximum atomic E-state index is 11.8. The van der Waals surface area contributed by atoms with Crippen LogP contribution in [-0.4, -0.2) is 38.5 Å². The van der Waals surface area contributed by atoms with Crippen molar-refractivity contribution in [3.8, 4) is 0 Å². The molecule has 0 aliphatic rings. The zero-order chi connectivity index (χ0) is 13.8. The third kappa shape index (κ3) is 3.79. The van der Waals surface area contributed by atoms with Crippen LogP contribution in [0.4, 0.5) is 0 Å². The Morgan fingerprint density at radius 2 is 2.00 bits per heavy atom. The normalized spacial score (nSPS) is 13.4. The van der Waals surface area contributed by atoms with Gasteiger partial charge in [0, 0.05) is 12.7 Å². The predicted octanol–water partition coefficient (Wildman–Crippen LogP) is -1.80. The summed E-state index contributed by atoms with van der Waals surface area (Å²) in [6.45, 7) is 2.70. The lowest BCUT2D eigenvalue weighted by Gasteiger charge is -2.11. The number of nitrogens with one attached hydrogen (secondary N) is 4. The van der Waals surface area contributed by atoms with Gasteiger partial charge in [0.15, 0.2) is 4.90 Å². The van der Waals surface area contributed by atoms with Crippen molar-refractivity contribution in [2.45, 2.75) is 11.8 Å². The quantitative estimate of drug-likeness (QED) is 0.488. The van der Waals surface area contributed by atoms with Gasteiger partial charge < -0.3 is 10.3 Å². The molecule has 0 fully saturated rings. The van der Waals surface area contributed by atoms with E-state index in [9.17, 15) is 18.0 Å². The van der Waals surface area contributed by atoms with Crippen LogP contribution >= 0.6 is 0 Å². The first-order valence-corrected chi connectivity index (χ1v) is 6.81. The Morgan fingerprint density at radius 3 is 2.56 bits per heavy atom. The Hall–Kier alpha value is -1.45. The fraction of sp³-hybridized carbons (Fsp3) is 0.556. The molecule has 1 unspecified atom stereocenters. The van der Waals surface area contributed by atoms with Crippen molar-refractivity contribution < 1.29 is 8.42 Å². The first-order chi connectivity index (χ1) is 8.36. The third-order valence-corrected chi connectivity index (χ3v) is 3.68. The molecule has 9 heteroatoms. The molecule has 0 bridgehead atoms. The van der Waals surface area contributed by atoms with Gasteiger partial charge >= 0.3 is 5.69 Å². The predicted molar refractivity (Wildman–Crippen MR) is 66.0 cm³/mol. The highest BCUT2D eigenvalue weighted by Gasteiger charge is 2.19. The van der Waals surface area contributed by atoms with Gasteiger partial charge in [-0.2, -0.15) is 0 Å². The smallest absolute Gasteiger partial charge is 0.319 e. The minimum absolute atomic E-state index is 0.0756. The van der Waals surface area contributed by atoms with Crippen molar-refractivity contribution in [2.24, 2.45) is 5.92 Å². The molecule has 18 heavy (non-hydrogen) atoms. The zero-order valence-electron chi connectivity index (χ0n) is 10.1. The molecule has 0 saturated heterocycles. The number of hydrogen-bond donors (Lipinski definition) is 4. The van der Waals surface area contributed by atoms with E-state index in [1.807, 2.05) is 11.9 Å². The minimum Gasteiger partial charge on any atom is -0.319 e. The Morgan fingerprint density at radius 1 is 1.33 bits per heavy atom. The fourth-order valence-electron chi connectivity index (χ4n) is 1.35. The van der Waals surface area contributed by atoms with E-state index < -0.39 is 26.2 Å². The Labute approximate surface area is 104 Å². The average Bonchev–Trinajstić information content (AvgIpc) is 2.26. The highest BCUT2D eigenvalue weighted by Crippen LogP contribution is 1.99. The summed E-state index contributed by atoms with van der Waals surface area (Å²) in [7, 11) is -2.15. The van der Waals surface area contributed by atoms with Crippen LogP contribution in [0.15, 0.2) is 20.7 Å². The lowest BCUT2D eigenvalue weighted by molar-refractivity contribution is 0.518. The summed E-state index contributed by atoms with van der Waals surface area (Å²) in [5, 5.41) is 2.91. The van der Waals surface area contributed by atoms with E-state index in [-0.39, 0.29) is 12.5 Å². The number of sulfonamides is 1. The minimum atomic E-state index is -3.91. The van der Waals surface area contributed by atoms with E-state index in [4.69, 9.17) is 0 Å². The molecule has 0 aliphatic carbocycles. The highest BCUT2D eigenvalue weighted by atomic mass is 32.2. The molecule has 8 nitrogen and oxygen atoms in total. The van der Waals surface area contributed by atoms with Gasteiger partial charge in [-0.25, -0.2) is 17.9 Å².